The van der Waals surface area contributed by atoms with Crippen molar-refractivity contribution in [1.29, 1.82) is 0 Å². The van der Waals surface area contributed by atoms with Gasteiger partial charge in [0.1, 0.15) is 5.82 Å². The fourth-order valence-electron chi connectivity index (χ4n) is 2.80. The Morgan fingerprint density at radius 2 is 1.71 bits per heavy atom. The number of hydrogen-bond acceptors (Lipinski definition) is 5. The van der Waals surface area contributed by atoms with Gasteiger partial charge in [-0.05, 0) is 38.5 Å². The Bertz CT molecular complexity index is 867. The van der Waals surface area contributed by atoms with Crippen molar-refractivity contribution in [3.63, 3.8) is 0 Å². The molecule has 1 unspecified atom stereocenters. The van der Waals surface area contributed by atoms with Crippen LogP contribution in [0.15, 0.2) is 24.4 Å². The normalized spacial score (nSPS) is 12.4. The van der Waals surface area contributed by atoms with Gasteiger partial charge in [-0.15, -0.1) is 0 Å². The second-order valence-electron chi connectivity index (χ2n) is 6.46. The van der Waals surface area contributed by atoms with Crippen LogP contribution in [0, 0.1) is 13.8 Å². The van der Waals surface area contributed by atoms with E-state index in [9.17, 15) is 0 Å². The van der Waals surface area contributed by atoms with E-state index in [1.54, 1.807) is 0 Å². The van der Waals surface area contributed by atoms with E-state index in [1.807, 2.05) is 33.0 Å². The van der Waals surface area contributed by atoms with E-state index in [0.717, 1.165) is 11.3 Å². The van der Waals surface area contributed by atoms with E-state index in [-0.39, 0.29) is 6.04 Å². The van der Waals surface area contributed by atoms with Crippen molar-refractivity contribution in [2.75, 3.05) is 30.9 Å². The average molecular weight is 324 g/mol. The molecule has 0 aliphatic heterocycles. The molecule has 6 nitrogen and oxygen atoms in total. The highest BCUT2D eigenvalue weighted by Gasteiger charge is 2.19. The minimum atomic E-state index is 0.136. The Morgan fingerprint density at radius 3 is 2.42 bits per heavy atom. The number of aryl methyl sites for hydroxylation is 2. The van der Waals surface area contributed by atoms with Crippen molar-refractivity contribution >= 4 is 22.8 Å². The Labute approximate surface area is 142 Å². The highest BCUT2D eigenvalue weighted by atomic mass is 15.3. The maximum Gasteiger partial charge on any atom is 0.230 e. The Balaban J connectivity index is 1.99. The molecule has 0 spiro atoms. The first-order valence-corrected chi connectivity index (χ1v) is 8.07. The molecule has 0 fully saturated rings. The molecule has 3 rings (SSSR count). The largest absolute Gasteiger partial charge is 0.361 e. The summed E-state index contributed by atoms with van der Waals surface area (Å²) in [6, 6.07) is 6.60. The molecule has 0 amide bonds. The summed E-state index contributed by atoms with van der Waals surface area (Å²) in [4.78, 5) is 20.8. The number of fused-ring (bicyclic) bond motifs is 1. The Kier molecular flexibility index (Phi) is 4.13. The molecule has 0 aliphatic rings. The summed E-state index contributed by atoms with van der Waals surface area (Å²) in [5, 5.41) is 1.24. The van der Waals surface area contributed by atoms with Crippen LogP contribution in [0.1, 0.15) is 29.9 Å². The summed E-state index contributed by atoms with van der Waals surface area (Å²) in [6.07, 6.45) is 2.08. The molecule has 3 aromatic rings. The predicted octanol–water partition coefficient (Wildman–Crippen LogP) is 3.23. The van der Waals surface area contributed by atoms with Crippen LogP contribution in [-0.4, -0.2) is 41.1 Å². The van der Waals surface area contributed by atoms with Crippen LogP contribution in [0.25, 0.3) is 10.9 Å². The monoisotopic (exact) mass is 324 g/mol. The van der Waals surface area contributed by atoms with Crippen LogP contribution in [0.4, 0.5) is 11.9 Å². The van der Waals surface area contributed by atoms with Gasteiger partial charge in [-0.25, -0.2) is 0 Å². The number of benzene rings is 1. The molecule has 0 aliphatic carbocycles. The van der Waals surface area contributed by atoms with Crippen LogP contribution < -0.4 is 9.80 Å². The van der Waals surface area contributed by atoms with Crippen LogP contribution in [-0.2, 0) is 0 Å². The lowest BCUT2D eigenvalue weighted by atomic mass is 10.0. The summed E-state index contributed by atoms with van der Waals surface area (Å²) in [5.74, 6) is 2.07. The molecule has 6 heteroatoms. The summed E-state index contributed by atoms with van der Waals surface area (Å²) in [6.45, 7) is 6.18. The lowest BCUT2D eigenvalue weighted by Crippen LogP contribution is -2.25. The van der Waals surface area contributed by atoms with Gasteiger partial charge in [0.15, 0.2) is 0 Å². The van der Waals surface area contributed by atoms with Crippen molar-refractivity contribution < 1.29 is 0 Å². The molecule has 24 heavy (non-hydrogen) atoms. The third kappa shape index (κ3) is 2.91. The number of anilines is 2. The second-order valence-corrected chi connectivity index (χ2v) is 6.46. The van der Waals surface area contributed by atoms with E-state index in [0.29, 0.717) is 11.9 Å². The highest BCUT2D eigenvalue weighted by molar-refractivity contribution is 5.84. The smallest absolute Gasteiger partial charge is 0.230 e. The van der Waals surface area contributed by atoms with E-state index < -0.39 is 0 Å². The van der Waals surface area contributed by atoms with Crippen molar-refractivity contribution in [2.45, 2.75) is 26.8 Å². The Morgan fingerprint density at radius 1 is 1.00 bits per heavy atom. The predicted molar refractivity (Wildman–Crippen MR) is 98.7 cm³/mol. The molecular weight excluding hydrogens is 300 g/mol. The van der Waals surface area contributed by atoms with E-state index >= 15 is 0 Å². The summed E-state index contributed by atoms with van der Waals surface area (Å²) < 4.78 is 0. The van der Waals surface area contributed by atoms with Gasteiger partial charge >= 0.3 is 0 Å². The molecule has 0 saturated carbocycles. The molecule has 0 saturated heterocycles. The van der Waals surface area contributed by atoms with E-state index in [1.165, 1.54) is 16.5 Å². The third-order valence-electron chi connectivity index (χ3n) is 4.34. The van der Waals surface area contributed by atoms with Crippen LogP contribution >= 0.6 is 0 Å². The molecule has 1 aromatic carbocycles. The van der Waals surface area contributed by atoms with E-state index in [4.69, 9.17) is 0 Å². The summed E-state index contributed by atoms with van der Waals surface area (Å²) in [7, 11) is 5.89. The van der Waals surface area contributed by atoms with Crippen LogP contribution in [0.5, 0.6) is 0 Å². The molecule has 2 heterocycles. The minimum absolute atomic E-state index is 0.136. The van der Waals surface area contributed by atoms with Gasteiger partial charge in [0, 0.05) is 38.2 Å². The first-order chi connectivity index (χ1) is 11.4. The van der Waals surface area contributed by atoms with Crippen molar-refractivity contribution in [3.05, 3.63) is 41.3 Å². The summed E-state index contributed by atoms with van der Waals surface area (Å²) in [5.41, 5.74) is 3.64. The quantitative estimate of drug-likeness (QED) is 0.798. The lowest BCUT2D eigenvalue weighted by Gasteiger charge is -2.25. The molecule has 0 bridgehead atoms. The number of H-pyrrole nitrogens is 1. The van der Waals surface area contributed by atoms with Gasteiger partial charge in [0.05, 0.1) is 6.04 Å². The number of aromatic amines is 1. The molecule has 1 atom stereocenters. The number of nitrogens with zero attached hydrogens (tertiary/aromatic N) is 5. The van der Waals surface area contributed by atoms with E-state index in [2.05, 4.69) is 63.1 Å². The molecule has 0 radical (unpaired) electrons. The first-order valence-electron chi connectivity index (χ1n) is 8.07. The number of aromatic nitrogens is 4. The van der Waals surface area contributed by atoms with Gasteiger partial charge < -0.3 is 14.8 Å². The molecule has 2 aromatic heterocycles. The fraction of sp³-hybridized carbons (Fsp3) is 0.389. The van der Waals surface area contributed by atoms with Crippen molar-refractivity contribution in [2.24, 2.45) is 0 Å². The first kappa shape index (κ1) is 16.2. The third-order valence-corrected chi connectivity index (χ3v) is 4.34. The Hall–Kier alpha value is -2.63. The zero-order valence-electron chi connectivity index (χ0n) is 15.1. The maximum absolute atomic E-state index is 4.58. The number of hydrogen-bond donors (Lipinski definition) is 1. The molecule has 1 N–H and O–H groups in total. The van der Waals surface area contributed by atoms with Gasteiger partial charge in [0.25, 0.3) is 0 Å². The van der Waals surface area contributed by atoms with Gasteiger partial charge in [-0.1, -0.05) is 11.6 Å². The second kappa shape index (κ2) is 6.11. The zero-order chi connectivity index (χ0) is 17.4. The fourth-order valence-corrected chi connectivity index (χ4v) is 2.80. The van der Waals surface area contributed by atoms with Crippen LogP contribution in [0.3, 0.4) is 0 Å². The minimum Gasteiger partial charge on any atom is -0.361 e. The highest BCUT2D eigenvalue weighted by Crippen LogP contribution is 2.30. The average Bonchev–Trinajstić information content (AvgIpc) is 2.95. The van der Waals surface area contributed by atoms with Crippen molar-refractivity contribution in [1.82, 2.24) is 19.9 Å². The van der Waals surface area contributed by atoms with Gasteiger partial charge in [0.2, 0.25) is 11.9 Å². The summed E-state index contributed by atoms with van der Waals surface area (Å²) >= 11 is 0. The standard InChI is InChI=1S/C18H24N6/c1-11-7-8-16-14(9-11)15(10-19-16)12(2)24(6)18-21-13(3)20-17(22-18)23(4)5/h7-10,12,19H,1-6H3. The topological polar surface area (TPSA) is 60.9 Å². The van der Waals surface area contributed by atoms with Gasteiger partial charge in [-0.2, -0.15) is 15.0 Å². The van der Waals surface area contributed by atoms with Crippen molar-refractivity contribution in [3.8, 4) is 0 Å². The number of nitrogens with one attached hydrogen (secondary N) is 1. The SMILES string of the molecule is Cc1ccc2[nH]cc(C(C)N(C)c3nc(C)nc(N(C)C)n3)c2c1. The molecule has 126 valence electrons. The number of rotatable bonds is 4. The zero-order valence-corrected chi connectivity index (χ0v) is 15.1. The molecular formula is C18H24N6. The van der Waals surface area contributed by atoms with Gasteiger partial charge in [-0.3, -0.25) is 0 Å². The lowest BCUT2D eigenvalue weighted by molar-refractivity contribution is 0.711. The maximum atomic E-state index is 4.58. The van der Waals surface area contributed by atoms with Crippen LogP contribution in [0.2, 0.25) is 0 Å².